The molecule has 0 aromatic heterocycles. The summed E-state index contributed by atoms with van der Waals surface area (Å²) in [6.45, 7) is 6.05. The van der Waals surface area contributed by atoms with Crippen LogP contribution in [0.25, 0.3) is 0 Å². The van der Waals surface area contributed by atoms with E-state index in [1.807, 2.05) is 13.0 Å². The van der Waals surface area contributed by atoms with Crippen molar-refractivity contribution in [3.05, 3.63) is 29.3 Å². The minimum atomic E-state index is -3.45. The third-order valence-corrected chi connectivity index (χ3v) is 4.51. The number of benzene rings is 1. The van der Waals surface area contributed by atoms with E-state index in [1.165, 1.54) is 6.92 Å². The topological polar surface area (TPSA) is 75.3 Å². The zero-order valence-corrected chi connectivity index (χ0v) is 13.0. The second-order valence-electron chi connectivity index (χ2n) is 4.86. The standard InChI is InChI=1S/C14H22N2O3S/c1-11-6-7-12(2)14(10-11)20(18,19)16-9-5-4-8-15-13(3)17/h6-7,10,16H,4-5,8-9H2,1-3H3,(H,15,17). The first-order valence-electron chi connectivity index (χ1n) is 6.64. The molecule has 0 atom stereocenters. The minimum Gasteiger partial charge on any atom is -0.356 e. The van der Waals surface area contributed by atoms with Crippen molar-refractivity contribution in [2.45, 2.75) is 38.5 Å². The first kappa shape index (κ1) is 16.7. The molecule has 2 N–H and O–H groups in total. The van der Waals surface area contributed by atoms with Crippen LogP contribution >= 0.6 is 0 Å². The van der Waals surface area contributed by atoms with E-state index in [4.69, 9.17) is 0 Å². The summed E-state index contributed by atoms with van der Waals surface area (Å²) in [4.78, 5) is 11.0. The van der Waals surface area contributed by atoms with E-state index in [2.05, 4.69) is 10.0 Å². The average molecular weight is 298 g/mol. The van der Waals surface area contributed by atoms with E-state index in [0.29, 0.717) is 24.4 Å². The zero-order valence-electron chi connectivity index (χ0n) is 12.2. The molecule has 0 radical (unpaired) electrons. The van der Waals surface area contributed by atoms with Gasteiger partial charge in [-0.05, 0) is 43.9 Å². The summed E-state index contributed by atoms with van der Waals surface area (Å²) in [5, 5.41) is 2.68. The Morgan fingerprint density at radius 2 is 1.80 bits per heavy atom. The smallest absolute Gasteiger partial charge is 0.240 e. The van der Waals surface area contributed by atoms with Crippen molar-refractivity contribution in [1.82, 2.24) is 10.0 Å². The number of hydrogen-bond donors (Lipinski definition) is 2. The second-order valence-corrected chi connectivity index (χ2v) is 6.59. The Balaban J connectivity index is 2.50. The van der Waals surface area contributed by atoms with E-state index >= 15 is 0 Å². The molecule has 112 valence electrons. The fourth-order valence-electron chi connectivity index (χ4n) is 1.80. The molecule has 0 saturated heterocycles. The van der Waals surface area contributed by atoms with Crippen LogP contribution in [0.15, 0.2) is 23.1 Å². The lowest BCUT2D eigenvalue weighted by molar-refractivity contribution is -0.118. The lowest BCUT2D eigenvalue weighted by Crippen LogP contribution is -2.27. The van der Waals surface area contributed by atoms with Gasteiger partial charge >= 0.3 is 0 Å². The number of carbonyl (C=O) groups excluding carboxylic acids is 1. The summed E-state index contributed by atoms with van der Waals surface area (Å²) in [5.74, 6) is -0.0685. The first-order valence-corrected chi connectivity index (χ1v) is 8.12. The zero-order chi connectivity index (χ0) is 15.2. The van der Waals surface area contributed by atoms with Crippen LogP contribution in [0.4, 0.5) is 0 Å². The Bertz CT molecular complexity index is 568. The van der Waals surface area contributed by atoms with Crippen molar-refractivity contribution in [2.24, 2.45) is 0 Å². The highest BCUT2D eigenvalue weighted by Gasteiger charge is 2.15. The van der Waals surface area contributed by atoms with Gasteiger partial charge in [-0.25, -0.2) is 13.1 Å². The van der Waals surface area contributed by atoms with Gasteiger partial charge < -0.3 is 5.32 Å². The van der Waals surface area contributed by atoms with Crippen molar-refractivity contribution >= 4 is 15.9 Å². The molecule has 1 aromatic carbocycles. The highest BCUT2D eigenvalue weighted by Crippen LogP contribution is 2.16. The molecule has 1 amide bonds. The fraction of sp³-hybridized carbons (Fsp3) is 0.500. The maximum atomic E-state index is 12.2. The minimum absolute atomic E-state index is 0.0685. The normalized spacial score (nSPS) is 11.3. The van der Waals surface area contributed by atoms with Crippen molar-refractivity contribution in [1.29, 1.82) is 0 Å². The third kappa shape index (κ3) is 5.30. The van der Waals surface area contributed by atoms with Gasteiger partial charge in [-0.15, -0.1) is 0 Å². The first-order chi connectivity index (χ1) is 9.33. The fourth-order valence-corrected chi connectivity index (χ4v) is 3.20. The number of carbonyl (C=O) groups is 1. The number of unbranched alkanes of at least 4 members (excludes halogenated alkanes) is 1. The predicted molar refractivity (Wildman–Crippen MR) is 79.0 cm³/mol. The van der Waals surface area contributed by atoms with Crippen molar-refractivity contribution in [3.8, 4) is 0 Å². The summed E-state index contributed by atoms with van der Waals surface area (Å²) >= 11 is 0. The van der Waals surface area contributed by atoms with E-state index in [0.717, 1.165) is 17.5 Å². The molecule has 20 heavy (non-hydrogen) atoms. The molecule has 0 bridgehead atoms. The predicted octanol–water partition coefficient (Wildman–Crippen LogP) is 1.50. The van der Waals surface area contributed by atoms with Crippen LogP contribution in [0.1, 0.15) is 30.9 Å². The molecule has 0 heterocycles. The highest BCUT2D eigenvalue weighted by molar-refractivity contribution is 7.89. The summed E-state index contributed by atoms with van der Waals surface area (Å²) in [6, 6.07) is 5.37. The van der Waals surface area contributed by atoms with E-state index in [9.17, 15) is 13.2 Å². The third-order valence-electron chi connectivity index (χ3n) is 2.90. The Labute approximate surface area is 120 Å². The van der Waals surface area contributed by atoms with Crippen molar-refractivity contribution in [2.75, 3.05) is 13.1 Å². The van der Waals surface area contributed by atoms with Gasteiger partial charge in [-0.1, -0.05) is 12.1 Å². The van der Waals surface area contributed by atoms with Crippen LogP contribution in [0.3, 0.4) is 0 Å². The molecule has 6 heteroatoms. The van der Waals surface area contributed by atoms with Crippen molar-refractivity contribution < 1.29 is 13.2 Å². The molecule has 0 unspecified atom stereocenters. The van der Waals surface area contributed by atoms with Crippen LogP contribution in [-0.4, -0.2) is 27.4 Å². The number of rotatable bonds is 7. The molecule has 5 nitrogen and oxygen atoms in total. The SMILES string of the molecule is CC(=O)NCCCCNS(=O)(=O)c1cc(C)ccc1C. The van der Waals surface area contributed by atoms with E-state index < -0.39 is 10.0 Å². The van der Waals surface area contributed by atoms with E-state index in [-0.39, 0.29) is 5.91 Å². The number of hydrogen-bond acceptors (Lipinski definition) is 3. The molecule has 1 rings (SSSR count). The van der Waals surface area contributed by atoms with E-state index in [1.54, 1.807) is 19.1 Å². The molecular weight excluding hydrogens is 276 g/mol. The molecule has 0 aliphatic heterocycles. The van der Waals surface area contributed by atoms with Crippen LogP contribution < -0.4 is 10.0 Å². The summed E-state index contributed by atoms with van der Waals surface area (Å²) in [5.41, 5.74) is 1.66. The molecule has 0 spiro atoms. The highest BCUT2D eigenvalue weighted by atomic mass is 32.2. The molecule has 0 saturated carbocycles. The number of sulfonamides is 1. The molecule has 0 aliphatic carbocycles. The van der Waals surface area contributed by atoms with Gasteiger partial charge in [0.25, 0.3) is 0 Å². The number of nitrogens with one attached hydrogen (secondary N) is 2. The van der Waals surface area contributed by atoms with Gasteiger partial charge in [0.2, 0.25) is 15.9 Å². The summed E-state index contributed by atoms with van der Waals surface area (Å²) in [7, 11) is -3.45. The van der Waals surface area contributed by atoms with Gasteiger partial charge in [-0.3, -0.25) is 4.79 Å². The second kappa shape index (κ2) is 7.40. The lowest BCUT2D eigenvalue weighted by atomic mass is 10.2. The van der Waals surface area contributed by atoms with Gasteiger partial charge in [0.05, 0.1) is 4.90 Å². The number of amides is 1. The monoisotopic (exact) mass is 298 g/mol. The van der Waals surface area contributed by atoms with Crippen LogP contribution in [-0.2, 0) is 14.8 Å². The Morgan fingerprint density at radius 1 is 1.15 bits per heavy atom. The molecular formula is C14H22N2O3S. The van der Waals surface area contributed by atoms with Gasteiger partial charge in [0.15, 0.2) is 0 Å². The lowest BCUT2D eigenvalue weighted by Gasteiger charge is -2.10. The maximum absolute atomic E-state index is 12.2. The summed E-state index contributed by atoms with van der Waals surface area (Å²) < 4.78 is 26.9. The average Bonchev–Trinajstić information content (AvgIpc) is 2.36. The number of aryl methyl sites for hydroxylation is 2. The Hall–Kier alpha value is -1.40. The molecule has 1 aromatic rings. The van der Waals surface area contributed by atoms with Gasteiger partial charge in [-0.2, -0.15) is 0 Å². The quantitative estimate of drug-likeness (QED) is 0.749. The molecule has 0 aliphatic rings. The Morgan fingerprint density at radius 3 is 2.45 bits per heavy atom. The largest absolute Gasteiger partial charge is 0.356 e. The summed E-state index contributed by atoms with van der Waals surface area (Å²) in [6.07, 6.45) is 1.43. The van der Waals surface area contributed by atoms with Crippen LogP contribution in [0.2, 0.25) is 0 Å². The van der Waals surface area contributed by atoms with Crippen molar-refractivity contribution in [3.63, 3.8) is 0 Å². The Kier molecular flexibility index (Phi) is 6.16. The van der Waals surface area contributed by atoms with Gasteiger partial charge in [0, 0.05) is 20.0 Å². The maximum Gasteiger partial charge on any atom is 0.240 e. The van der Waals surface area contributed by atoms with Gasteiger partial charge in [0.1, 0.15) is 0 Å². The van der Waals surface area contributed by atoms with Crippen LogP contribution in [0, 0.1) is 13.8 Å². The molecule has 0 fully saturated rings. The van der Waals surface area contributed by atoms with Crippen LogP contribution in [0.5, 0.6) is 0 Å².